The lowest BCUT2D eigenvalue weighted by Crippen LogP contribution is -2.25. The standard InChI is InChI=1S/C6H9N5O3S/c1-3(5(7)14)11-6(8-9-10-11)15-2-4(12)13/h3H,2H2,1H3,(H2,7,14)(H,12,13). The Balaban J connectivity index is 2.77. The number of carbonyl (C=O) groups is 2. The Kier molecular flexibility index (Phi) is 3.61. The molecule has 0 fully saturated rings. The predicted molar refractivity (Wildman–Crippen MR) is 50.1 cm³/mol. The second-order valence-corrected chi connectivity index (χ2v) is 3.61. The smallest absolute Gasteiger partial charge is 0.313 e. The summed E-state index contributed by atoms with van der Waals surface area (Å²) in [6.07, 6.45) is 0. The summed E-state index contributed by atoms with van der Waals surface area (Å²) >= 11 is 0.927. The summed E-state index contributed by atoms with van der Waals surface area (Å²) in [6, 6.07) is -0.698. The van der Waals surface area contributed by atoms with Gasteiger partial charge in [-0.05, 0) is 17.4 Å². The number of hydrogen-bond donors (Lipinski definition) is 2. The summed E-state index contributed by atoms with van der Waals surface area (Å²) in [7, 11) is 0. The van der Waals surface area contributed by atoms with Crippen molar-refractivity contribution in [3.05, 3.63) is 0 Å². The minimum atomic E-state index is -0.985. The zero-order valence-corrected chi connectivity index (χ0v) is 8.64. The monoisotopic (exact) mass is 231 g/mol. The van der Waals surface area contributed by atoms with Gasteiger partial charge in [-0.15, -0.1) is 5.10 Å². The van der Waals surface area contributed by atoms with E-state index in [0.29, 0.717) is 0 Å². The molecule has 82 valence electrons. The van der Waals surface area contributed by atoms with E-state index in [1.165, 1.54) is 11.6 Å². The maximum atomic E-state index is 10.9. The molecule has 8 nitrogen and oxygen atoms in total. The lowest BCUT2D eigenvalue weighted by atomic mass is 10.3. The first-order valence-corrected chi connectivity index (χ1v) is 4.92. The van der Waals surface area contributed by atoms with Crippen LogP contribution in [0.2, 0.25) is 0 Å². The van der Waals surface area contributed by atoms with Gasteiger partial charge in [-0.1, -0.05) is 11.8 Å². The first-order chi connectivity index (χ1) is 7.02. The zero-order chi connectivity index (χ0) is 11.4. The minimum Gasteiger partial charge on any atom is -0.481 e. The van der Waals surface area contributed by atoms with Crippen LogP contribution >= 0.6 is 11.8 Å². The van der Waals surface area contributed by atoms with Gasteiger partial charge in [-0.2, -0.15) is 0 Å². The van der Waals surface area contributed by atoms with Gasteiger partial charge in [0.15, 0.2) is 0 Å². The van der Waals surface area contributed by atoms with Crippen LogP contribution in [0.5, 0.6) is 0 Å². The number of hydrogen-bond acceptors (Lipinski definition) is 6. The number of carbonyl (C=O) groups excluding carboxylic acids is 1. The van der Waals surface area contributed by atoms with Crippen molar-refractivity contribution in [1.29, 1.82) is 0 Å². The Bertz CT molecular complexity index is 379. The summed E-state index contributed by atoms with van der Waals surface area (Å²) in [5.74, 6) is -1.74. The number of primary amides is 1. The number of thioether (sulfide) groups is 1. The molecule has 1 heterocycles. The number of amides is 1. The van der Waals surface area contributed by atoms with Gasteiger partial charge in [0.2, 0.25) is 11.1 Å². The maximum Gasteiger partial charge on any atom is 0.313 e. The molecule has 3 N–H and O–H groups in total. The van der Waals surface area contributed by atoms with Crippen molar-refractivity contribution in [2.75, 3.05) is 5.75 Å². The van der Waals surface area contributed by atoms with E-state index in [0.717, 1.165) is 11.8 Å². The molecular weight excluding hydrogens is 222 g/mol. The summed E-state index contributed by atoms with van der Waals surface area (Å²) in [5.41, 5.74) is 5.07. The number of aliphatic carboxylic acids is 1. The molecule has 9 heteroatoms. The second kappa shape index (κ2) is 4.73. The van der Waals surface area contributed by atoms with Crippen molar-refractivity contribution in [2.45, 2.75) is 18.1 Å². The summed E-state index contributed by atoms with van der Waals surface area (Å²) in [6.45, 7) is 1.53. The van der Waals surface area contributed by atoms with E-state index in [4.69, 9.17) is 10.8 Å². The van der Waals surface area contributed by atoms with Crippen molar-refractivity contribution in [3.8, 4) is 0 Å². The van der Waals surface area contributed by atoms with Gasteiger partial charge in [0.05, 0.1) is 5.75 Å². The number of tetrazole rings is 1. The van der Waals surface area contributed by atoms with Crippen molar-refractivity contribution in [2.24, 2.45) is 5.73 Å². The molecule has 0 saturated carbocycles. The summed E-state index contributed by atoms with van der Waals surface area (Å²) in [4.78, 5) is 21.2. The number of nitrogens with two attached hydrogens (primary N) is 1. The van der Waals surface area contributed by atoms with Crippen molar-refractivity contribution in [1.82, 2.24) is 20.2 Å². The van der Waals surface area contributed by atoms with Gasteiger partial charge >= 0.3 is 5.97 Å². The third-order valence-electron chi connectivity index (χ3n) is 1.57. The Hall–Kier alpha value is -1.64. The highest BCUT2D eigenvalue weighted by molar-refractivity contribution is 7.99. The molecule has 1 unspecified atom stereocenters. The first-order valence-electron chi connectivity index (χ1n) is 3.94. The van der Waals surface area contributed by atoms with E-state index in [1.807, 2.05) is 0 Å². The molecule has 0 spiro atoms. The third-order valence-corrected chi connectivity index (χ3v) is 2.48. The lowest BCUT2D eigenvalue weighted by molar-refractivity contribution is -0.133. The van der Waals surface area contributed by atoms with Crippen LogP contribution in [-0.2, 0) is 9.59 Å². The van der Waals surface area contributed by atoms with E-state index in [2.05, 4.69) is 15.5 Å². The van der Waals surface area contributed by atoms with E-state index in [9.17, 15) is 9.59 Å². The van der Waals surface area contributed by atoms with E-state index < -0.39 is 17.9 Å². The molecule has 15 heavy (non-hydrogen) atoms. The Morgan fingerprint density at radius 3 is 2.87 bits per heavy atom. The molecule has 0 saturated heterocycles. The molecule has 1 aromatic heterocycles. The highest BCUT2D eigenvalue weighted by Crippen LogP contribution is 2.16. The molecule has 1 amide bonds. The van der Waals surface area contributed by atoms with Gasteiger partial charge < -0.3 is 10.8 Å². The quantitative estimate of drug-likeness (QED) is 0.616. The molecule has 1 atom stereocenters. The SMILES string of the molecule is CC(C(N)=O)n1nnnc1SCC(=O)O. The highest BCUT2D eigenvalue weighted by Gasteiger charge is 2.18. The molecule has 0 radical (unpaired) electrons. The topological polar surface area (TPSA) is 124 Å². The molecular formula is C6H9N5O3S. The Labute approximate surface area is 88.8 Å². The van der Waals surface area contributed by atoms with Gasteiger partial charge in [0, 0.05) is 0 Å². The summed E-state index contributed by atoms with van der Waals surface area (Å²) < 4.78 is 1.19. The van der Waals surface area contributed by atoms with E-state index in [-0.39, 0.29) is 10.9 Å². The van der Waals surface area contributed by atoms with Crippen LogP contribution in [0.15, 0.2) is 5.16 Å². The average molecular weight is 231 g/mol. The van der Waals surface area contributed by atoms with Crippen molar-refractivity contribution < 1.29 is 14.7 Å². The molecule has 1 rings (SSSR count). The predicted octanol–water partition coefficient (Wildman–Crippen LogP) is -1.10. The van der Waals surface area contributed by atoms with Crippen LogP contribution in [0.3, 0.4) is 0 Å². The van der Waals surface area contributed by atoms with Gasteiger partial charge in [0.25, 0.3) is 0 Å². The lowest BCUT2D eigenvalue weighted by Gasteiger charge is -2.07. The Morgan fingerprint density at radius 1 is 1.67 bits per heavy atom. The molecule has 0 bridgehead atoms. The van der Waals surface area contributed by atoms with Crippen LogP contribution in [0.1, 0.15) is 13.0 Å². The fraction of sp³-hybridized carbons (Fsp3) is 0.500. The molecule has 0 aliphatic carbocycles. The van der Waals surface area contributed by atoms with Crippen LogP contribution < -0.4 is 5.73 Å². The second-order valence-electron chi connectivity index (χ2n) is 2.67. The largest absolute Gasteiger partial charge is 0.481 e. The first kappa shape index (κ1) is 11.4. The fourth-order valence-corrected chi connectivity index (χ4v) is 1.44. The number of carboxylic acid groups (broad SMARTS) is 1. The zero-order valence-electron chi connectivity index (χ0n) is 7.82. The van der Waals surface area contributed by atoms with E-state index in [1.54, 1.807) is 0 Å². The number of carboxylic acids is 1. The van der Waals surface area contributed by atoms with Crippen molar-refractivity contribution >= 4 is 23.6 Å². The molecule has 0 aliphatic rings. The highest BCUT2D eigenvalue weighted by atomic mass is 32.2. The fourth-order valence-electron chi connectivity index (χ4n) is 0.770. The van der Waals surface area contributed by atoms with E-state index >= 15 is 0 Å². The van der Waals surface area contributed by atoms with Crippen LogP contribution in [0.4, 0.5) is 0 Å². The van der Waals surface area contributed by atoms with Gasteiger partial charge in [-0.25, -0.2) is 4.68 Å². The minimum absolute atomic E-state index is 0.175. The summed E-state index contributed by atoms with van der Waals surface area (Å²) in [5, 5.41) is 19.2. The number of aromatic nitrogens is 4. The van der Waals surface area contributed by atoms with Crippen LogP contribution in [0, 0.1) is 0 Å². The number of rotatable bonds is 5. The maximum absolute atomic E-state index is 10.9. The average Bonchev–Trinajstić information content (AvgIpc) is 2.60. The Morgan fingerprint density at radius 2 is 2.33 bits per heavy atom. The molecule has 1 aromatic rings. The normalized spacial score (nSPS) is 12.3. The third kappa shape index (κ3) is 2.91. The van der Waals surface area contributed by atoms with Crippen molar-refractivity contribution in [3.63, 3.8) is 0 Å². The molecule has 0 aliphatic heterocycles. The number of nitrogens with zero attached hydrogens (tertiary/aromatic N) is 4. The van der Waals surface area contributed by atoms with Gasteiger partial charge in [0.1, 0.15) is 6.04 Å². The van der Waals surface area contributed by atoms with Crippen LogP contribution in [-0.4, -0.2) is 42.9 Å². The molecule has 0 aromatic carbocycles. The van der Waals surface area contributed by atoms with Gasteiger partial charge in [-0.3, -0.25) is 9.59 Å². The van der Waals surface area contributed by atoms with Crippen LogP contribution in [0.25, 0.3) is 0 Å².